The predicted octanol–water partition coefficient (Wildman–Crippen LogP) is 1.67. The van der Waals surface area contributed by atoms with Crippen molar-refractivity contribution in [2.24, 2.45) is 0 Å². The molecule has 132 valence electrons. The topological polar surface area (TPSA) is 113 Å². The molecule has 2 aromatic heterocycles. The SMILES string of the molecule is Cc1[nH]c(C(=O)NNC(=O)c2cccnc2)c(C)c1C(=O)OC(C)C. The third-order valence-electron chi connectivity index (χ3n) is 3.42. The molecule has 2 aromatic rings. The molecule has 0 aliphatic rings. The number of esters is 1. The Kier molecular flexibility index (Phi) is 5.53. The molecule has 3 N–H and O–H groups in total. The van der Waals surface area contributed by atoms with E-state index >= 15 is 0 Å². The van der Waals surface area contributed by atoms with Crippen molar-refractivity contribution < 1.29 is 19.1 Å². The largest absolute Gasteiger partial charge is 0.459 e. The number of rotatable bonds is 4. The molecular formula is C17H20N4O4. The molecule has 0 unspecified atom stereocenters. The average molecular weight is 344 g/mol. The number of nitrogens with one attached hydrogen (secondary N) is 3. The van der Waals surface area contributed by atoms with E-state index in [4.69, 9.17) is 4.74 Å². The van der Waals surface area contributed by atoms with Crippen LogP contribution >= 0.6 is 0 Å². The summed E-state index contributed by atoms with van der Waals surface area (Å²) in [6.45, 7) is 6.81. The summed E-state index contributed by atoms with van der Waals surface area (Å²) in [7, 11) is 0. The van der Waals surface area contributed by atoms with E-state index in [2.05, 4.69) is 20.8 Å². The number of H-pyrrole nitrogens is 1. The highest BCUT2D eigenvalue weighted by Crippen LogP contribution is 2.19. The van der Waals surface area contributed by atoms with Gasteiger partial charge in [0, 0.05) is 18.1 Å². The van der Waals surface area contributed by atoms with E-state index in [0.717, 1.165) is 0 Å². The number of aromatic amines is 1. The van der Waals surface area contributed by atoms with Gasteiger partial charge in [0.1, 0.15) is 5.69 Å². The van der Waals surface area contributed by atoms with Gasteiger partial charge in [-0.2, -0.15) is 0 Å². The fraction of sp³-hybridized carbons (Fsp3) is 0.294. The number of hydrogen-bond donors (Lipinski definition) is 3. The summed E-state index contributed by atoms with van der Waals surface area (Å²) in [5.74, 6) is -1.57. The van der Waals surface area contributed by atoms with Gasteiger partial charge in [0.2, 0.25) is 0 Å². The fourth-order valence-corrected chi connectivity index (χ4v) is 2.30. The van der Waals surface area contributed by atoms with Crippen LogP contribution in [0.15, 0.2) is 24.5 Å². The van der Waals surface area contributed by atoms with Crippen LogP contribution < -0.4 is 10.9 Å². The molecule has 8 heteroatoms. The Bertz CT molecular complexity index is 796. The van der Waals surface area contributed by atoms with Crippen molar-refractivity contribution in [3.05, 3.63) is 52.6 Å². The molecule has 0 aliphatic carbocycles. The number of nitrogens with zero attached hydrogens (tertiary/aromatic N) is 1. The standard InChI is InChI=1S/C17H20N4O4/c1-9(2)25-17(24)13-10(3)14(19-11(13)4)16(23)21-20-15(22)12-6-5-7-18-8-12/h5-9,19H,1-4H3,(H,20,22)(H,21,23). The van der Waals surface area contributed by atoms with E-state index in [1.54, 1.807) is 39.8 Å². The summed E-state index contributed by atoms with van der Waals surface area (Å²) < 4.78 is 5.18. The lowest BCUT2D eigenvalue weighted by Gasteiger charge is -2.09. The molecule has 0 atom stereocenters. The Morgan fingerprint density at radius 3 is 2.44 bits per heavy atom. The molecule has 2 amide bonds. The molecule has 0 spiro atoms. The lowest BCUT2D eigenvalue weighted by atomic mass is 10.1. The minimum absolute atomic E-state index is 0.180. The highest BCUT2D eigenvalue weighted by molar-refractivity contribution is 6.02. The average Bonchev–Trinajstić information content (AvgIpc) is 2.87. The maximum absolute atomic E-state index is 12.3. The first-order valence-corrected chi connectivity index (χ1v) is 7.72. The predicted molar refractivity (Wildman–Crippen MR) is 90.0 cm³/mol. The fourth-order valence-electron chi connectivity index (χ4n) is 2.30. The van der Waals surface area contributed by atoms with Crippen LogP contribution in [0.4, 0.5) is 0 Å². The number of pyridine rings is 1. The first kappa shape index (κ1) is 18.2. The lowest BCUT2D eigenvalue weighted by Crippen LogP contribution is -2.42. The second-order valence-electron chi connectivity index (χ2n) is 5.73. The monoisotopic (exact) mass is 344 g/mol. The van der Waals surface area contributed by atoms with Crippen LogP contribution in [0.3, 0.4) is 0 Å². The number of carbonyl (C=O) groups is 3. The normalized spacial score (nSPS) is 10.4. The second-order valence-corrected chi connectivity index (χ2v) is 5.73. The molecule has 0 aliphatic heterocycles. The number of aryl methyl sites for hydroxylation is 1. The maximum Gasteiger partial charge on any atom is 0.340 e. The van der Waals surface area contributed by atoms with Gasteiger partial charge in [0.05, 0.1) is 17.2 Å². The molecule has 0 radical (unpaired) electrons. The van der Waals surface area contributed by atoms with Gasteiger partial charge in [-0.15, -0.1) is 0 Å². The highest BCUT2D eigenvalue weighted by atomic mass is 16.5. The van der Waals surface area contributed by atoms with Crippen molar-refractivity contribution in [2.45, 2.75) is 33.8 Å². The number of aromatic nitrogens is 2. The van der Waals surface area contributed by atoms with E-state index in [1.165, 1.54) is 12.4 Å². The van der Waals surface area contributed by atoms with E-state index in [-0.39, 0.29) is 11.8 Å². The Morgan fingerprint density at radius 2 is 1.84 bits per heavy atom. The quantitative estimate of drug-likeness (QED) is 0.577. The van der Waals surface area contributed by atoms with E-state index in [1.807, 2.05) is 0 Å². The number of hydrogen-bond acceptors (Lipinski definition) is 5. The van der Waals surface area contributed by atoms with Crippen LogP contribution in [-0.4, -0.2) is 33.9 Å². The van der Waals surface area contributed by atoms with Gasteiger partial charge in [-0.25, -0.2) is 4.79 Å². The third-order valence-corrected chi connectivity index (χ3v) is 3.42. The minimum atomic E-state index is -0.568. The zero-order valence-corrected chi connectivity index (χ0v) is 14.5. The van der Waals surface area contributed by atoms with Gasteiger partial charge in [0.25, 0.3) is 11.8 Å². The molecule has 0 saturated carbocycles. The van der Waals surface area contributed by atoms with Crippen molar-refractivity contribution in [2.75, 3.05) is 0 Å². The van der Waals surface area contributed by atoms with Crippen molar-refractivity contribution in [3.8, 4) is 0 Å². The highest BCUT2D eigenvalue weighted by Gasteiger charge is 2.23. The van der Waals surface area contributed by atoms with E-state index in [9.17, 15) is 14.4 Å². The van der Waals surface area contributed by atoms with Gasteiger partial charge in [-0.05, 0) is 45.4 Å². The molecule has 25 heavy (non-hydrogen) atoms. The molecule has 2 rings (SSSR count). The number of amides is 2. The summed E-state index contributed by atoms with van der Waals surface area (Å²) in [6, 6.07) is 3.18. The smallest absolute Gasteiger partial charge is 0.340 e. The van der Waals surface area contributed by atoms with Gasteiger partial charge in [0.15, 0.2) is 0 Å². The van der Waals surface area contributed by atoms with Crippen LogP contribution in [0.5, 0.6) is 0 Å². The van der Waals surface area contributed by atoms with Crippen molar-refractivity contribution >= 4 is 17.8 Å². The van der Waals surface area contributed by atoms with Crippen LogP contribution in [0.2, 0.25) is 0 Å². The zero-order chi connectivity index (χ0) is 18.6. The molecule has 0 fully saturated rings. The van der Waals surface area contributed by atoms with E-state index in [0.29, 0.717) is 22.4 Å². The van der Waals surface area contributed by atoms with Crippen LogP contribution in [0.1, 0.15) is 56.3 Å². The molecule has 8 nitrogen and oxygen atoms in total. The van der Waals surface area contributed by atoms with Gasteiger partial charge < -0.3 is 9.72 Å². The Labute approximate surface area is 145 Å². The van der Waals surface area contributed by atoms with Gasteiger partial charge >= 0.3 is 5.97 Å². The molecule has 0 aromatic carbocycles. The first-order chi connectivity index (χ1) is 11.8. The first-order valence-electron chi connectivity index (χ1n) is 7.72. The lowest BCUT2D eigenvalue weighted by molar-refractivity contribution is 0.0376. The van der Waals surface area contributed by atoms with Gasteiger partial charge in [-0.1, -0.05) is 0 Å². The Hall–Kier alpha value is -3.16. The number of hydrazine groups is 1. The summed E-state index contributed by atoms with van der Waals surface area (Å²) in [4.78, 5) is 43.0. The molecule has 2 heterocycles. The van der Waals surface area contributed by atoms with Crippen LogP contribution in [0.25, 0.3) is 0 Å². The molecule has 0 bridgehead atoms. The summed E-state index contributed by atoms with van der Waals surface area (Å²) >= 11 is 0. The van der Waals surface area contributed by atoms with Crippen molar-refractivity contribution in [1.29, 1.82) is 0 Å². The number of ether oxygens (including phenoxy) is 1. The Balaban J connectivity index is 2.10. The van der Waals surface area contributed by atoms with Crippen LogP contribution in [-0.2, 0) is 4.74 Å². The molecule has 0 saturated heterocycles. The van der Waals surface area contributed by atoms with Crippen LogP contribution in [0, 0.1) is 13.8 Å². The third kappa shape index (κ3) is 4.23. The zero-order valence-electron chi connectivity index (χ0n) is 14.5. The maximum atomic E-state index is 12.3. The Morgan fingerprint density at radius 1 is 1.16 bits per heavy atom. The van der Waals surface area contributed by atoms with Gasteiger partial charge in [-0.3, -0.25) is 25.4 Å². The second kappa shape index (κ2) is 7.61. The minimum Gasteiger partial charge on any atom is -0.459 e. The summed E-state index contributed by atoms with van der Waals surface area (Å²) in [6.07, 6.45) is 2.65. The summed E-state index contributed by atoms with van der Waals surface area (Å²) in [5, 5.41) is 0. The van der Waals surface area contributed by atoms with E-state index < -0.39 is 17.8 Å². The summed E-state index contributed by atoms with van der Waals surface area (Å²) in [5.41, 5.74) is 6.39. The number of carbonyl (C=O) groups excluding carboxylic acids is 3. The van der Waals surface area contributed by atoms with Crippen molar-refractivity contribution in [1.82, 2.24) is 20.8 Å². The van der Waals surface area contributed by atoms with Crippen molar-refractivity contribution in [3.63, 3.8) is 0 Å². The molecular weight excluding hydrogens is 324 g/mol.